The minimum Gasteiger partial charge on any atom is -0.242 e. The lowest BCUT2D eigenvalue weighted by atomic mass is 9.56. The predicted molar refractivity (Wildman–Crippen MR) is 83.9 cm³/mol. The minimum atomic E-state index is -2.91. The molecular formula is C15H25NO3S2. The minimum absolute atomic E-state index is 0.0319. The second kappa shape index (κ2) is 4.78. The van der Waals surface area contributed by atoms with Gasteiger partial charge in [-0.15, -0.1) is 0 Å². The highest BCUT2D eigenvalue weighted by atomic mass is 32.2. The van der Waals surface area contributed by atoms with Crippen molar-refractivity contribution in [2.75, 3.05) is 18.6 Å². The van der Waals surface area contributed by atoms with Crippen LogP contribution in [-0.2, 0) is 20.8 Å². The fraction of sp³-hybridized carbons (Fsp3) is 1.00. The Bertz CT molecular complexity index is 536. The summed E-state index contributed by atoms with van der Waals surface area (Å²) in [5, 5.41) is 0. The average Bonchev–Trinajstić information content (AvgIpc) is 2.76. The molecule has 4 saturated carbocycles. The first-order chi connectivity index (χ1) is 9.87. The Balaban J connectivity index is 1.54. The van der Waals surface area contributed by atoms with Crippen molar-refractivity contribution in [2.24, 2.45) is 17.8 Å². The third-order valence-electron chi connectivity index (χ3n) is 6.34. The van der Waals surface area contributed by atoms with Crippen LogP contribution >= 0.6 is 0 Å². The Hall–Kier alpha value is 0.0600. The first kappa shape index (κ1) is 14.6. The van der Waals surface area contributed by atoms with Gasteiger partial charge in [0, 0.05) is 13.1 Å². The fourth-order valence-electron chi connectivity index (χ4n) is 5.75. The molecule has 4 bridgehead atoms. The van der Waals surface area contributed by atoms with Crippen molar-refractivity contribution in [3.8, 4) is 0 Å². The number of rotatable bonds is 3. The van der Waals surface area contributed by atoms with E-state index in [1.807, 2.05) is 11.4 Å². The smallest absolute Gasteiger partial charge is 0.151 e. The maximum absolute atomic E-state index is 13.2. The van der Waals surface area contributed by atoms with Gasteiger partial charge in [-0.1, -0.05) is 0 Å². The van der Waals surface area contributed by atoms with Gasteiger partial charge < -0.3 is 0 Å². The topological polar surface area (TPSA) is 54.5 Å². The highest BCUT2D eigenvalue weighted by Crippen LogP contribution is 2.58. The first-order valence-corrected chi connectivity index (χ1v) is 11.1. The number of nitrogens with zero attached hydrogens (tertiary/aromatic N) is 1. The van der Waals surface area contributed by atoms with Crippen molar-refractivity contribution in [1.29, 1.82) is 0 Å². The van der Waals surface area contributed by atoms with E-state index in [4.69, 9.17) is 0 Å². The van der Waals surface area contributed by atoms with E-state index in [2.05, 4.69) is 0 Å². The van der Waals surface area contributed by atoms with Gasteiger partial charge in [-0.05, 0) is 62.7 Å². The summed E-state index contributed by atoms with van der Waals surface area (Å²) < 4.78 is 38.5. The molecule has 0 spiro atoms. The molecular weight excluding hydrogens is 306 g/mol. The summed E-state index contributed by atoms with van der Waals surface area (Å²) in [6.07, 6.45) is 8.01. The van der Waals surface area contributed by atoms with Crippen LogP contribution < -0.4 is 0 Å². The molecule has 0 amide bonds. The molecule has 0 unspecified atom stereocenters. The van der Waals surface area contributed by atoms with E-state index in [1.165, 1.54) is 19.3 Å². The second-order valence-corrected chi connectivity index (χ2v) is 12.1. The average molecular weight is 332 g/mol. The predicted octanol–water partition coefficient (Wildman–Crippen LogP) is 1.74. The molecule has 2 atom stereocenters. The Morgan fingerprint density at radius 3 is 2.00 bits per heavy atom. The lowest BCUT2D eigenvalue weighted by Gasteiger charge is -2.56. The van der Waals surface area contributed by atoms with Crippen LogP contribution in [0.25, 0.3) is 0 Å². The van der Waals surface area contributed by atoms with E-state index in [9.17, 15) is 12.6 Å². The number of hydrogen-bond donors (Lipinski definition) is 0. The first-order valence-electron chi connectivity index (χ1n) is 8.22. The van der Waals surface area contributed by atoms with E-state index in [-0.39, 0.29) is 22.3 Å². The van der Waals surface area contributed by atoms with Crippen LogP contribution in [0.3, 0.4) is 0 Å². The summed E-state index contributed by atoms with van der Waals surface area (Å²) >= 11 is 0. The molecule has 5 aliphatic rings. The van der Waals surface area contributed by atoms with Gasteiger partial charge >= 0.3 is 0 Å². The highest BCUT2D eigenvalue weighted by Gasteiger charge is 2.55. The third-order valence-corrected chi connectivity index (χ3v) is 10.1. The summed E-state index contributed by atoms with van der Waals surface area (Å²) in [4.78, 5) is 0. The summed E-state index contributed by atoms with van der Waals surface area (Å²) in [5.41, 5.74) is 0. The van der Waals surface area contributed by atoms with Crippen molar-refractivity contribution >= 4 is 20.8 Å². The van der Waals surface area contributed by atoms with Gasteiger partial charge in [0.2, 0.25) is 0 Å². The molecule has 0 aromatic heterocycles. The van der Waals surface area contributed by atoms with Crippen molar-refractivity contribution in [3.63, 3.8) is 0 Å². The third kappa shape index (κ3) is 2.41. The highest BCUT2D eigenvalue weighted by molar-refractivity contribution is 7.91. The molecule has 1 heterocycles. The van der Waals surface area contributed by atoms with E-state index >= 15 is 0 Å². The van der Waals surface area contributed by atoms with E-state index < -0.39 is 20.8 Å². The molecule has 6 heteroatoms. The standard InChI is InChI=1S/C15H25NO3S2/c1-16(14-2-3-21(18,19)10-14)20(17)15-7-11-4-12(8-15)6-13(5-11)9-15/h11-14H,2-10H2,1H3/t11?,12?,13?,14-,15?,20-/m1/s1. The largest absolute Gasteiger partial charge is 0.242 e. The normalized spacial score (nSPS) is 48.9. The number of sulfone groups is 1. The number of hydrogen-bond acceptors (Lipinski definition) is 3. The van der Waals surface area contributed by atoms with Crippen LogP contribution in [0.5, 0.6) is 0 Å². The van der Waals surface area contributed by atoms with Gasteiger partial charge in [-0.3, -0.25) is 0 Å². The summed E-state index contributed by atoms with van der Waals surface area (Å²) in [7, 11) is -2.04. The van der Waals surface area contributed by atoms with Crippen molar-refractivity contribution in [1.82, 2.24) is 4.31 Å². The van der Waals surface area contributed by atoms with Crippen LogP contribution in [0.1, 0.15) is 44.9 Å². The quantitative estimate of drug-likeness (QED) is 0.791. The molecule has 120 valence electrons. The van der Waals surface area contributed by atoms with Crippen molar-refractivity contribution in [2.45, 2.75) is 55.7 Å². The molecule has 4 nitrogen and oxygen atoms in total. The summed E-state index contributed by atoms with van der Waals surface area (Å²) in [6.45, 7) is 0. The van der Waals surface area contributed by atoms with Gasteiger partial charge in [0.25, 0.3) is 0 Å². The van der Waals surface area contributed by atoms with Crippen LogP contribution in [0.4, 0.5) is 0 Å². The summed E-state index contributed by atoms with van der Waals surface area (Å²) in [6, 6.07) is -0.0381. The molecule has 0 aromatic carbocycles. The van der Waals surface area contributed by atoms with Gasteiger partial charge in [-0.25, -0.2) is 16.9 Å². The maximum atomic E-state index is 13.2. The van der Waals surface area contributed by atoms with Crippen LogP contribution in [0.15, 0.2) is 0 Å². The van der Waals surface area contributed by atoms with E-state index in [0.717, 1.165) is 37.0 Å². The molecule has 0 radical (unpaired) electrons. The molecule has 1 aliphatic heterocycles. The zero-order valence-electron chi connectivity index (χ0n) is 12.7. The SMILES string of the molecule is CN([C@@H]1CCS(=O)(=O)C1)[S@](=O)C12CC3CC(CC(C3)C1)C2. The van der Waals surface area contributed by atoms with Crippen molar-refractivity contribution in [3.05, 3.63) is 0 Å². The molecule has 0 aromatic rings. The molecule has 1 saturated heterocycles. The van der Waals surface area contributed by atoms with Crippen LogP contribution in [0, 0.1) is 17.8 Å². The van der Waals surface area contributed by atoms with Gasteiger partial charge in [0.05, 0.1) is 16.3 Å². The molecule has 4 aliphatic carbocycles. The monoisotopic (exact) mass is 331 g/mol. The Kier molecular flexibility index (Phi) is 3.33. The molecule has 21 heavy (non-hydrogen) atoms. The Morgan fingerprint density at radius 1 is 1.05 bits per heavy atom. The maximum Gasteiger partial charge on any atom is 0.151 e. The van der Waals surface area contributed by atoms with Gasteiger partial charge in [-0.2, -0.15) is 0 Å². The Labute approximate surface area is 130 Å². The fourth-order valence-corrected chi connectivity index (χ4v) is 9.81. The summed E-state index contributed by atoms with van der Waals surface area (Å²) in [5.74, 6) is 2.80. The Morgan fingerprint density at radius 2 is 1.57 bits per heavy atom. The van der Waals surface area contributed by atoms with Crippen molar-refractivity contribution < 1.29 is 12.6 Å². The van der Waals surface area contributed by atoms with E-state index in [1.54, 1.807) is 0 Å². The molecule has 5 fully saturated rings. The molecule has 5 rings (SSSR count). The second-order valence-electron chi connectivity index (χ2n) is 7.95. The zero-order chi connectivity index (χ0) is 14.8. The molecule has 0 N–H and O–H groups in total. The zero-order valence-corrected chi connectivity index (χ0v) is 14.3. The van der Waals surface area contributed by atoms with Crippen LogP contribution in [0.2, 0.25) is 0 Å². The lowest BCUT2D eigenvalue weighted by molar-refractivity contribution is 0.0339. The lowest BCUT2D eigenvalue weighted by Crippen LogP contribution is -2.56. The van der Waals surface area contributed by atoms with Gasteiger partial charge in [0.1, 0.15) is 11.0 Å². The van der Waals surface area contributed by atoms with E-state index in [0.29, 0.717) is 6.42 Å². The van der Waals surface area contributed by atoms with Crippen LogP contribution in [-0.4, -0.2) is 46.3 Å². The van der Waals surface area contributed by atoms with Gasteiger partial charge in [0.15, 0.2) is 9.84 Å².